The van der Waals surface area contributed by atoms with Crippen molar-refractivity contribution < 1.29 is 4.79 Å². The van der Waals surface area contributed by atoms with Crippen LogP contribution in [0.15, 0.2) is 24.3 Å². The first-order chi connectivity index (χ1) is 9.51. The van der Waals surface area contributed by atoms with Gasteiger partial charge in [0.25, 0.3) is 0 Å². The molecule has 1 aromatic carbocycles. The maximum absolute atomic E-state index is 12.1. The zero-order valence-electron chi connectivity index (χ0n) is 11.4. The summed E-state index contributed by atoms with van der Waals surface area (Å²) in [5, 5.41) is 0.687. The smallest absolute Gasteiger partial charge is 0.227 e. The summed E-state index contributed by atoms with van der Waals surface area (Å²) in [5.41, 5.74) is 1.28. The van der Waals surface area contributed by atoms with Crippen LogP contribution in [0.1, 0.15) is 44.1 Å². The van der Waals surface area contributed by atoms with Crippen molar-refractivity contribution in [3.63, 3.8) is 0 Å². The maximum atomic E-state index is 12.1. The highest BCUT2D eigenvalue weighted by Crippen LogP contribution is 2.66. The molecule has 0 spiro atoms. The third-order valence-electron chi connectivity index (χ3n) is 5.93. The van der Waals surface area contributed by atoms with Crippen molar-refractivity contribution >= 4 is 28.4 Å². The van der Waals surface area contributed by atoms with Crippen LogP contribution in [-0.4, -0.2) is 5.24 Å². The molecule has 3 heteroatoms. The molecule has 0 amide bonds. The molecule has 5 rings (SSSR count). The molecule has 4 fully saturated rings. The van der Waals surface area contributed by atoms with E-state index in [1.54, 1.807) is 0 Å². The maximum Gasteiger partial charge on any atom is 0.227 e. The molecule has 0 heterocycles. The van der Waals surface area contributed by atoms with Crippen LogP contribution < -0.4 is 0 Å². The second-order valence-electron chi connectivity index (χ2n) is 7.30. The van der Waals surface area contributed by atoms with Gasteiger partial charge in [0.15, 0.2) is 0 Å². The van der Waals surface area contributed by atoms with E-state index in [9.17, 15) is 4.79 Å². The van der Waals surface area contributed by atoms with Crippen LogP contribution in [-0.2, 0) is 10.2 Å². The highest BCUT2D eigenvalue weighted by molar-refractivity contribution is 6.64. The van der Waals surface area contributed by atoms with Crippen molar-refractivity contribution in [1.29, 1.82) is 0 Å². The lowest BCUT2D eigenvalue weighted by atomic mass is 9.43. The van der Waals surface area contributed by atoms with E-state index in [0.717, 1.165) is 24.3 Å². The van der Waals surface area contributed by atoms with Gasteiger partial charge in [0.1, 0.15) is 0 Å². The largest absolute Gasteiger partial charge is 0.281 e. The minimum atomic E-state index is -0.245. The summed E-state index contributed by atoms with van der Waals surface area (Å²) in [4.78, 5) is 12.1. The number of carbonyl (C=O) groups is 1. The Morgan fingerprint density at radius 2 is 1.65 bits per heavy atom. The van der Waals surface area contributed by atoms with Crippen molar-refractivity contribution in [3.8, 4) is 0 Å². The van der Waals surface area contributed by atoms with E-state index in [1.165, 1.54) is 24.8 Å². The lowest BCUT2D eigenvalue weighted by molar-refractivity contribution is -0.138. The molecule has 2 atom stereocenters. The molecule has 0 radical (unpaired) electrons. The van der Waals surface area contributed by atoms with E-state index < -0.39 is 0 Å². The van der Waals surface area contributed by atoms with Gasteiger partial charge in [0.05, 0.1) is 0 Å². The van der Waals surface area contributed by atoms with E-state index in [2.05, 4.69) is 12.1 Å². The van der Waals surface area contributed by atoms with Gasteiger partial charge >= 0.3 is 0 Å². The molecule has 20 heavy (non-hydrogen) atoms. The third kappa shape index (κ3) is 1.79. The lowest BCUT2D eigenvalue weighted by Gasteiger charge is -2.61. The van der Waals surface area contributed by atoms with Crippen molar-refractivity contribution in [1.82, 2.24) is 0 Å². The van der Waals surface area contributed by atoms with Gasteiger partial charge in [0.2, 0.25) is 5.24 Å². The molecular formula is C17H18Cl2O. The number of hydrogen-bond donors (Lipinski definition) is 0. The summed E-state index contributed by atoms with van der Waals surface area (Å²) in [6, 6.07) is 8.26. The monoisotopic (exact) mass is 308 g/mol. The average Bonchev–Trinajstić information content (AvgIpc) is 2.37. The second kappa shape index (κ2) is 4.24. The van der Waals surface area contributed by atoms with E-state index in [-0.39, 0.29) is 16.1 Å². The molecular weight excluding hydrogens is 291 g/mol. The molecule has 0 aromatic heterocycles. The summed E-state index contributed by atoms with van der Waals surface area (Å²) >= 11 is 12.0. The van der Waals surface area contributed by atoms with Crippen LogP contribution in [0.5, 0.6) is 0 Å². The molecule has 2 unspecified atom stereocenters. The van der Waals surface area contributed by atoms with Crippen molar-refractivity contribution in [2.24, 2.45) is 17.3 Å². The SMILES string of the molecule is O=C(Cl)C12CC3CC(C1)CC(c1ccc(Cl)cc1)(C3)C2. The first-order valence-corrected chi connectivity index (χ1v) is 8.23. The fourth-order valence-corrected chi connectivity index (χ4v) is 5.98. The molecule has 1 nitrogen and oxygen atoms in total. The Morgan fingerprint density at radius 3 is 2.20 bits per heavy atom. The Balaban J connectivity index is 1.79. The summed E-state index contributed by atoms with van der Waals surface area (Å²) in [6.07, 6.45) is 6.70. The standard InChI is InChI=1S/C17H18Cl2O/c18-14-3-1-13(2-4-14)16-6-11-5-12(7-16)9-17(8-11,10-16)15(19)20/h1-4,11-12H,5-10H2. The highest BCUT2D eigenvalue weighted by atomic mass is 35.5. The van der Waals surface area contributed by atoms with E-state index in [0.29, 0.717) is 11.8 Å². The van der Waals surface area contributed by atoms with E-state index in [1.807, 2.05) is 12.1 Å². The molecule has 4 aliphatic carbocycles. The molecule has 0 aliphatic heterocycles. The van der Waals surface area contributed by atoms with Crippen LogP contribution in [0.25, 0.3) is 0 Å². The fraction of sp³-hybridized carbons (Fsp3) is 0.588. The molecule has 0 N–H and O–H groups in total. The Kier molecular flexibility index (Phi) is 2.79. The van der Waals surface area contributed by atoms with Gasteiger partial charge in [-0.25, -0.2) is 0 Å². The predicted octanol–water partition coefficient (Wildman–Crippen LogP) is 4.94. The number of benzene rings is 1. The van der Waals surface area contributed by atoms with Gasteiger partial charge in [-0.05, 0) is 85.1 Å². The van der Waals surface area contributed by atoms with Crippen LogP contribution in [0.4, 0.5) is 0 Å². The van der Waals surface area contributed by atoms with Gasteiger partial charge in [-0.3, -0.25) is 4.79 Å². The van der Waals surface area contributed by atoms with Gasteiger partial charge in [-0.15, -0.1) is 0 Å². The summed E-state index contributed by atoms with van der Waals surface area (Å²) in [7, 11) is 0. The predicted molar refractivity (Wildman–Crippen MR) is 81.1 cm³/mol. The van der Waals surface area contributed by atoms with E-state index >= 15 is 0 Å². The van der Waals surface area contributed by atoms with Crippen LogP contribution in [0.3, 0.4) is 0 Å². The Labute approximate surface area is 129 Å². The van der Waals surface area contributed by atoms with Gasteiger partial charge < -0.3 is 0 Å². The van der Waals surface area contributed by atoms with Gasteiger partial charge in [0, 0.05) is 10.4 Å². The van der Waals surface area contributed by atoms with Crippen molar-refractivity contribution in [2.45, 2.75) is 43.9 Å². The number of hydrogen-bond acceptors (Lipinski definition) is 1. The van der Waals surface area contributed by atoms with E-state index in [4.69, 9.17) is 23.2 Å². The topological polar surface area (TPSA) is 17.1 Å². The minimum Gasteiger partial charge on any atom is -0.281 e. The quantitative estimate of drug-likeness (QED) is 0.707. The Bertz CT molecular complexity index is 549. The first-order valence-electron chi connectivity index (χ1n) is 7.47. The molecule has 1 aromatic rings. The van der Waals surface area contributed by atoms with Gasteiger partial charge in [-0.2, -0.15) is 0 Å². The number of halogens is 2. The van der Waals surface area contributed by atoms with Crippen molar-refractivity contribution in [3.05, 3.63) is 34.9 Å². The molecule has 4 saturated carbocycles. The molecule has 4 bridgehead atoms. The molecule has 106 valence electrons. The number of carbonyl (C=O) groups excluding carboxylic acids is 1. The summed E-state index contributed by atoms with van der Waals surface area (Å²) in [5.74, 6) is 1.35. The highest BCUT2D eigenvalue weighted by Gasteiger charge is 2.60. The lowest BCUT2D eigenvalue weighted by Crippen LogP contribution is -2.55. The summed E-state index contributed by atoms with van der Waals surface area (Å²) in [6.45, 7) is 0. The van der Waals surface area contributed by atoms with Crippen LogP contribution in [0, 0.1) is 17.3 Å². The summed E-state index contributed by atoms with van der Waals surface area (Å²) < 4.78 is 0. The zero-order chi connectivity index (χ0) is 14.0. The Morgan fingerprint density at radius 1 is 1.05 bits per heavy atom. The van der Waals surface area contributed by atoms with Crippen LogP contribution >= 0.6 is 23.2 Å². The Hall–Kier alpha value is -0.530. The molecule has 4 aliphatic rings. The first kappa shape index (κ1) is 13.2. The fourth-order valence-electron chi connectivity index (χ4n) is 5.63. The van der Waals surface area contributed by atoms with Crippen molar-refractivity contribution in [2.75, 3.05) is 0 Å². The van der Waals surface area contributed by atoms with Gasteiger partial charge in [-0.1, -0.05) is 23.7 Å². The molecule has 0 saturated heterocycles. The second-order valence-corrected chi connectivity index (χ2v) is 8.08. The average molecular weight is 309 g/mol. The normalized spacial score (nSPS) is 41.9. The third-order valence-corrected chi connectivity index (χ3v) is 6.59. The number of rotatable bonds is 2. The van der Waals surface area contributed by atoms with Crippen LogP contribution in [0.2, 0.25) is 5.02 Å². The minimum absolute atomic E-state index is 0.0926. The zero-order valence-corrected chi connectivity index (χ0v) is 12.9.